The van der Waals surface area contributed by atoms with E-state index in [0.717, 1.165) is 37.7 Å². The summed E-state index contributed by atoms with van der Waals surface area (Å²) in [6, 6.07) is 10.9. The Morgan fingerprint density at radius 2 is 1.71 bits per heavy atom. The Morgan fingerprint density at radius 3 is 2.32 bits per heavy atom. The molecule has 1 amide bonds. The molecule has 1 N–H and O–H groups in total. The Hall–Kier alpha value is -2.91. The van der Waals surface area contributed by atoms with Crippen LogP contribution >= 0.6 is 0 Å². The largest absolute Gasteiger partial charge is 0.495 e. The Labute approximate surface area is 201 Å². The van der Waals surface area contributed by atoms with Crippen molar-refractivity contribution in [1.82, 2.24) is 4.31 Å². The van der Waals surface area contributed by atoms with Gasteiger partial charge in [-0.1, -0.05) is 25.3 Å². The lowest BCUT2D eigenvalue weighted by Crippen LogP contribution is -2.38. The van der Waals surface area contributed by atoms with Gasteiger partial charge in [-0.15, -0.1) is 0 Å². The summed E-state index contributed by atoms with van der Waals surface area (Å²) in [6.45, 7) is 3.35. The maximum Gasteiger partial charge on any atom is 0.338 e. The minimum absolute atomic E-state index is 0.00483. The molecular formula is C25H32N2O6S. The number of hydrogen-bond acceptors (Lipinski definition) is 6. The number of amides is 1. The van der Waals surface area contributed by atoms with Crippen LogP contribution < -0.4 is 10.1 Å². The van der Waals surface area contributed by atoms with Gasteiger partial charge >= 0.3 is 5.97 Å². The van der Waals surface area contributed by atoms with Gasteiger partial charge in [-0.3, -0.25) is 4.79 Å². The van der Waals surface area contributed by atoms with Crippen molar-refractivity contribution in [2.45, 2.75) is 63.0 Å². The summed E-state index contributed by atoms with van der Waals surface area (Å²) in [7, 11) is -0.548. The number of anilines is 1. The third-order valence-electron chi connectivity index (χ3n) is 6.12. The normalized spacial score (nSPS) is 15.6. The molecule has 0 heterocycles. The van der Waals surface area contributed by atoms with Gasteiger partial charge in [-0.25, -0.2) is 13.2 Å². The molecule has 9 heteroatoms. The number of nitrogens with one attached hydrogen (secondary N) is 1. The van der Waals surface area contributed by atoms with Crippen molar-refractivity contribution in [1.29, 1.82) is 0 Å². The second kappa shape index (κ2) is 11.0. The number of ether oxygens (including phenoxy) is 2. The smallest absolute Gasteiger partial charge is 0.338 e. The Balaban J connectivity index is 1.64. The summed E-state index contributed by atoms with van der Waals surface area (Å²) < 4.78 is 37.9. The zero-order chi connectivity index (χ0) is 24.9. The standard InChI is InChI=1S/C25H32N2O6S/c1-17-10-15-23(32-4)22(16-17)26-24(28)18(2)33-25(29)19-11-13-21(14-12-19)34(30,31)27(3)20-8-6-5-7-9-20/h10-16,18,20H,5-9H2,1-4H3,(H,26,28). The van der Waals surface area contributed by atoms with Gasteiger partial charge < -0.3 is 14.8 Å². The number of rotatable bonds is 8. The maximum absolute atomic E-state index is 13.0. The van der Waals surface area contributed by atoms with Gasteiger partial charge in [-0.05, 0) is 68.7 Å². The van der Waals surface area contributed by atoms with Gasteiger partial charge in [-0.2, -0.15) is 4.31 Å². The molecule has 0 spiro atoms. The van der Waals surface area contributed by atoms with E-state index in [-0.39, 0.29) is 16.5 Å². The lowest BCUT2D eigenvalue weighted by molar-refractivity contribution is -0.123. The topological polar surface area (TPSA) is 102 Å². The number of sulfonamides is 1. The SMILES string of the molecule is COc1ccc(C)cc1NC(=O)C(C)OC(=O)c1ccc(S(=O)(=O)N(C)C2CCCCC2)cc1. The van der Waals surface area contributed by atoms with Crippen LogP contribution in [-0.2, 0) is 19.6 Å². The molecule has 0 radical (unpaired) electrons. The van der Waals surface area contributed by atoms with Crippen LogP contribution in [-0.4, -0.2) is 50.9 Å². The monoisotopic (exact) mass is 488 g/mol. The van der Waals surface area contributed by atoms with Crippen molar-refractivity contribution in [2.75, 3.05) is 19.5 Å². The highest BCUT2D eigenvalue weighted by molar-refractivity contribution is 7.89. The van der Waals surface area contributed by atoms with Crippen molar-refractivity contribution in [3.63, 3.8) is 0 Å². The van der Waals surface area contributed by atoms with Crippen molar-refractivity contribution >= 4 is 27.6 Å². The molecule has 0 aliphatic heterocycles. The molecule has 184 valence electrons. The van der Waals surface area contributed by atoms with E-state index in [1.807, 2.05) is 13.0 Å². The number of esters is 1. The first kappa shape index (κ1) is 25.7. The molecule has 8 nitrogen and oxygen atoms in total. The van der Waals surface area contributed by atoms with Crippen LogP contribution in [0, 0.1) is 6.92 Å². The third kappa shape index (κ3) is 5.95. The predicted octanol–water partition coefficient (Wildman–Crippen LogP) is 4.14. The van der Waals surface area contributed by atoms with E-state index in [1.165, 1.54) is 42.6 Å². The number of aryl methyl sites for hydroxylation is 1. The summed E-state index contributed by atoms with van der Waals surface area (Å²) in [5.41, 5.74) is 1.57. The van der Waals surface area contributed by atoms with Crippen molar-refractivity contribution in [3.05, 3.63) is 53.6 Å². The average molecular weight is 489 g/mol. The summed E-state index contributed by atoms with van der Waals surface area (Å²) in [5, 5.41) is 2.71. The molecule has 3 rings (SSSR count). The zero-order valence-electron chi connectivity index (χ0n) is 20.0. The van der Waals surface area contributed by atoms with E-state index in [0.29, 0.717) is 11.4 Å². The molecule has 2 aromatic rings. The van der Waals surface area contributed by atoms with E-state index in [2.05, 4.69) is 5.32 Å². The number of methoxy groups -OCH3 is 1. The molecule has 1 unspecified atom stereocenters. The minimum Gasteiger partial charge on any atom is -0.495 e. The molecule has 2 aromatic carbocycles. The predicted molar refractivity (Wildman–Crippen MR) is 130 cm³/mol. The summed E-state index contributed by atoms with van der Waals surface area (Å²) in [4.78, 5) is 25.2. The molecule has 0 aromatic heterocycles. The maximum atomic E-state index is 13.0. The van der Waals surface area contributed by atoms with Crippen LogP contribution in [0.3, 0.4) is 0 Å². The fraction of sp³-hybridized carbons (Fsp3) is 0.440. The molecule has 0 saturated heterocycles. The van der Waals surface area contributed by atoms with Gasteiger partial charge in [0.05, 0.1) is 23.3 Å². The second-order valence-corrected chi connectivity index (χ2v) is 10.6. The van der Waals surface area contributed by atoms with Crippen LogP contribution in [0.5, 0.6) is 5.75 Å². The van der Waals surface area contributed by atoms with E-state index < -0.39 is 28.0 Å². The third-order valence-corrected chi connectivity index (χ3v) is 8.05. The number of hydrogen-bond donors (Lipinski definition) is 1. The molecule has 1 atom stereocenters. The summed E-state index contributed by atoms with van der Waals surface area (Å²) in [5.74, 6) is -0.735. The van der Waals surface area contributed by atoms with Crippen LogP contribution in [0.25, 0.3) is 0 Å². The van der Waals surface area contributed by atoms with E-state index in [4.69, 9.17) is 9.47 Å². The highest BCUT2D eigenvalue weighted by atomic mass is 32.2. The van der Waals surface area contributed by atoms with E-state index in [9.17, 15) is 18.0 Å². The first-order chi connectivity index (χ1) is 16.1. The number of carbonyl (C=O) groups is 2. The lowest BCUT2D eigenvalue weighted by Gasteiger charge is -2.30. The van der Waals surface area contributed by atoms with Crippen LogP contribution in [0.2, 0.25) is 0 Å². The molecule has 1 aliphatic carbocycles. The quantitative estimate of drug-likeness (QED) is 0.561. The zero-order valence-corrected chi connectivity index (χ0v) is 20.9. The summed E-state index contributed by atoms with van der Waals surface area (Å²) in [6.07, 6.45) is 3.83. The molecule has 1 saturated carbocycles. The highest BCUT2D eigenvalue weighted by Gasteiger charge is 2.29. The van der Waals surface area contributed by atoms with Crippen molar-refractivity contribution < 1.29 is 27.5 Å². The Morgan fingerprint density at radius 1 is 1.06 bits per heavy atom. The average Bonchev–Trinajstić information content (AvgIpc) is 2.84. The molecule has 1 aliphatic rings. The summed E-state index contributed by atoms with van der Waals surface area (Å²) >= 11 is 0. The van der Waals surface area contributed by atoms with Gasteiger partial charge in [0.1, 0.15) is 5.75 Å². The number of nitrogens with zero attached hydrogens (tertiary/aromatic N) is 1. The molecule has 34 heavy (non-hydrogen) atoms. The van der Waals surface area contributed by atoms with E-state index in [1.54, 1.807) is 19.2 Å². The first-order valence-corrected chi connectivity index (χ1v) is 12.8. The minimum atomic E-state index is -3.66. The van der Waals surface area contributed by atoms with Crippen molar-refractivity contribution in [3.8, 4) is 5.75 Å². The van der Waals surface area contributed by atoms with Gasteiger partial charge in [0.2, 0.25) is 10.0 Å². The highest BCUT2D eigenvalue weighted by Crippen LogP contribution is 2.27. The Kier molecular flexibility index (Phi) is 8.33. The van der Waals surface area contributed by atoms with E-state index >= 15 is 0 Å². The van der Waals surface area contributed by atoms with Crippen LogP contribution in [0.15, 0.2) is 47.4 Å². The number of benzene rings is 2. The van der Waals surface area contributed by atoms with Gasteiger partial charge in [0.25, 0.3) is 5.91 Å². The molecular weight excluding hydrogens is 456 g/mol. The fourth-order valence-corrected chi connectivity index (χ4v) is 5.42. The Bertz CT molecular complexity index is 1120. The fourth-order valence-electron chi connectivity index (χ4n) is 4.01. The van der Waals surface area contributed by atoms with Crippen LogP contribution in [0.1, 0.15) is 54.9 Å². The molecule has 0 bridgehead atoms. The molecule has 1 fully saturated rings. The van der Waals surface area contributed by atoms with Crippen LogP contribution in [0.4, 0.5) is 5.69 Å². The van der Waals surface area contributed by atoms with Gasteiger partial charge in [0.15, 0.2) is 6.10 Å². The van der Waals surface area contributed by atoms with Gasteiger partial charge in [0, 0.05) is 13.1 Å². The van der Waals surface area contributed by atoms with Crippen molar-refractivity contribution in [2.24, 2.45) is 0 Å². The lowest BCUT2D eigenvalue weighted by atomic mass is 9.96. The first-order valence-electron chi connectivity index (χ1n) is 11.4. The number of carbonyl (C=O) groups excluding carboxylic acids is 2. The second-order valence-electron chi connectivity index (χ2n) is 8.58.